The highest BCUT2D eigenvalue weighted by molar-refractivity contribution is 8.00. The Kier molecular flexibility index (Phi) is 4.37. The first-order valence-corrected chi connectivity index (χ1v) is 7.17. The van der Waals surface area contributed by atoms with E-state index in [0.29, 0.717) is 5.16 Å². The Morgan fingerprint density at radius 1 is 1.37 bits per heavy atom. The lowest BCUT2D eigenvalue weighted by atomic mass is 10.1. The van der Waals surface area contributed by atoms with Crippen LogP contribution in [0.25, 0.3) is 0 Å². The molecule has 0 aliphatic carbocycles. The summed E-state index contributed by atoms with van der Waals surface area (Å²) in [7, 11) is 0. The second kappa shape index (κ2) is 6.02. The molecule has 0 fully saturated rings. The van der Waals surface area contributed by atoms with Crippen molar-refractivity contribution in [1.82, 2.24) is 15.2 Å². The molecule has 0 saturated carbocycles. The van der Waals surface area contributed by atoms with Gasteiger partial charge in [-0.2, -0.15) is 0 Å². The number of carbonyl (C=O) groups is 1. The normalized spacial score (nSPS) is 12.4. The minimum absolute atomic E-state index is 0.107. The highest BCUT2D eigenvalue weighted by Gasteiger charge is 2.18. The fraction of sp³-hybridized carbons (Fsp3) is 0.357. The van der Waals surface area contributed by atoms with Gasteiger partial charge in [-0.05, 0) is 25.8 Å². The van der Waals surface area contributed by atoms with E-state index in [2.05, 4.69) is 22.1 Å². The number of aromatic amines is 1. The molecule has 19 heavy (non-hydrogen) atoms. The van der Waals surface area contributed by atoms with Gasteiger partial charge < -0.3 is 0 Å². The zero-order valence-corrected chi connectivity index (χ0v) is 12.1. The van der Waals surface area contributed by atoms with E-state index in [9.17, 15) is 4.79 Å². The zero-order valence-electron chi connectivity index (χ0n) is 11.3. The van der Waals surface area contributed by atoms with Crippen LogP contribution in [0, 0.1) is 6.92 Å². The quantitative estimate of drug-likeness (QED) is 0.673. The molecule has 0 aliphatic rings. The number of nitrogens with zero attached hydrogens (tertiary/aromatic N) is 2. The molecule has 0 radical (unpaired) electrons. The Bertz CT molecular complexity index is 562. The first-order valence-electron chi connectivity index (χ1n) is 6.29. The smallest absolute Gasteiger partial charge is 0.209 e. The third-order valence-corrected chi connectivity index (χ3v) is 3.84. The second-order valence-corrected chi connectivity index (χ2v) is 5.69. The molecule has 2 rings (SSSR count). The molecule has 2 aromatic rings. The van der Waals surface area contributed by atoms with E-state index in [-0.39, 0.29) is 11.0 Å². The number of hydrogen-bond donors (Lipinski definition) is 1. The maximum atomic E-state index is 12.3. The molecule has 0 bridgehead atoms. The average molecular weight is 275 g/mol. The van der Waals surface area contributed by atoms with Crippen LogP contribution in [0.4, 0.5) is 0 Å². The highest BCUT2D eigenvalue weighted by atomic mass is 32.2. The number of aromatic nitrogens is 3. The number of nitrogens with one attached hydrogen (secondary N) is 1. The van der Waals surface area contributed by atoms with Crippen molar-refractivity contribution in [2.45, 2.75) is 37.6 Å². The molecule has 1 atom stereocenters. The number of thioether (sulfide) groups is 1. The van der Waals surface area contributed by atoms with Gasteiger partial charge in [-0.1, -0.05) is 43.0 Å². The maximum absolute atomic E-state index is 12.3. The van der Waals surface area contributed by atoms with E-state index in [1.807, 2.05) is 38.1 Å². The van der Waals surface area contributed by atoms with E-state index in [0.717, 1.165) is 17.8 Å². The van der Waals surface area contributed by atoms with Crippen LogP contribution in [0.2, 0.25) is 0 Å². The molecule has 0 aliphatic heterocycles. The fourth-order valence-corrected chi connectivity index (χ4v) is 2.57. The highest BCUT2D eigenvalue weighted by Crippen LogP contribution is 2.22. The largest absolute Gasteiger partial charge is 0.293 e. The number of Topliss-reactive ketones (excluding diaryl/α,β-unsaturated/α-hetero) is 1. The molecule has 0 amide bonds. The fourth-order valence-electron chi connectivity index (χ4n) is 1.73. The molecule has 1 aromatic heterocycles. The van der Waals surface area contributed by atoms with Gasteiger partial charge in [0.25, 0.3) is 0 Å². The predicted molar refractivity (Wildman–Crippen MR) is 76.6 cm³/mol. The minimum Gasteiger partial charge on any atom is -0.293 e. The lowest BCUT2D eigenvalue weighted by Crippen LogP contribution is -2.13. The zero-order chi connectivity index (χ0) is 13.8. The summed E-state index contributed by atoms with van der Waals surface area (Å²) < 4.78 is 0. The number of hydrogen-bond acceptors (Lipinski definition) is 4. The van der Waals surface area contributed by atoms with E-state index in [1.54, 1.807) is 0 Å². The predicted octanol–water partition coefficient (Wildman–Crippen LogP) is 3.04. The Morgan fingerprint density at radius 3 is 2.58 bits per heavy atom. The van der Waals surface area contributed by atoms with Crippen LogP contribution in [0.5, 0.6) is 0 Å². The molecule has 100 valence electrons. The molecule has 5 heteroatoms. The maximum Gasteiger partial charge on any atom is 0.209 e. The number of ketones is 1. The van der Waals surface area contributed by atoms with Crippen LogP contribution < -0.4 is 0 Å². The number of aryl methyl sites for hydroxylation is 2. The summed E-state index contributed by atoms with van der Waals surface area (Å²) in [5.74, 6) is 0.865. The average Bonchev–Trinajstić information content (AvgIpc) is 2.83. The summed E-state index contributed by atoms with van der Waals surface area (Å²) in [6, 6.07) is 7.78. The van der Waals surface area contributed by atoms with Crippen molar-refractivity contribution in [3.63, 3.8) is 0 Å². The minimum atomic E-state index is -0.192. The molecule has 1 N–H and O–H groups in total. The first-order chi connectivity index (χ1) is 9.10. The van der Waals surface area contributed by atoms with Crippen molar-refractivity contribution in [1.29, 1.82) is 0 Å². The Morgan fingerprint density at radius 2 is 2.05 bits per heavy atom. The summed E-state index contributed by atoms with van der Waals surface area (Å²) in [5, 5.41) is 7.23. The van der Waals surface area contributed by atoms with Crippen molar-refractivity contribution in [3.05, 3.63) is 41.2 Å². The molecule has 4 nitrogen and oxygen atoms in total. The lowest BCUT2D eigenvalue weighted by Gasteiger charge is -2.08. The van der Waals surface area contributed by atoms with Crippen LogP contribution in [0.15, 0.2) is 29.4 Å². The molecular formula is C14H17N3OS. The summed E-state index contributed by atoms with van der Waals surface area (Å²) in [5.41, 5.74) is 1.98. The summed E-state index contributed by atoms with van der Waals surface area (Å²) in [6.45, 7) is 5.82. The molecule has 1 unspecified atom stereocenters. The van der Waals surface area contributed by atoms with Crippen LogP contribution in [-0.2, 0) is 6.42 Å². The number of rotatable bonds is 5. The van der Waals surface area contributed by atoms with Gasteiger partial charge in [0.05, 0.1) is 5.25 Å². The van der Waals surface area contributed by atoms with Crippen LogP contribution in [-0.4, -0.2) is 26.2 Å². The van der Waals surface area contributed by atoms with Crippen molar-refractivity contribution in [3.8, 4) is 0 Å². The third-order valence-electron chi connectivity index (χ3n) is 2.87. The van der Waals surface area contributed by atoms with Crippen molar-refractivity contribution < 1.29 is 4.79 Å². The van der Waals surface area contributed by atoms with Crippen LogP contribution >= 0.6 is 11.8 Å². The summed E-state index contributed by atoms with van der Waals surface area (Å²) in [4.78, 5) is 16.5. The first kappa shape index (κ1) is 13.8. The van der Waals surface area contributed by atoms with E-state index in [1.165, 1.54) is 17.3 Å². The number of H-pyrrole nitrogens is 1. The van der Waals surface area contributed by atoms with E-state index >= 15 is 0 Å². The van der Waals surface area contributed by atoms with Crippen LogP contribution in [0.1, 0.15) is 35.6 Å². The van der Waals surface area contributed by atoms with Crippen molar-refractivity contribution in [2.24, 2.45) is 0 Å². The van der Waals surface area contributed by atoms with Gasteiger partial charge in [-0.3, -0.25) is 9.89 Å². The van der Waals surface area contributed by atoms with Crippen molar-refractivity contribution >= 4 is 17.5 Å². The molecule has 1 heterocycles. The summed E-state index contributed by atoms with van der Waals surface area (Å²) in [6.07, 6.45) is 0.981. The summed E-state index contributed by atoms with van der Waals surface area (Å²) >= 11 is 1.37. The standard InChI is InChI=1S/C14H17N3OS/c1-4-11-5-7-12(8-6-11)13(18)9(2)19-14-15-10(3)16-17-14/h5-9H,4H2,1-3H3,(H,15,16,17). The third kappa shape index (κ3) is 3.44. The molecule has 0 saturated heterocycles. The molecule has 1 aromatic carbocycles. The Balaban J connectivity index is 2.05. The van der Waals surface area contributed by atoms with Crippen molar-refractivity contribution in [2.75, 3.05) is 0 Å². The van der Waals surface area contributed by atoms with Gasteiger partial charge in [-0.25, -0.2) is 4.98 Å². The molecule has 0 spiro atoms. The Labute approximate surface area is 117 Å². The van der Waals surface area contributed by atoms with Gasteiger partial charge in [0.1, 0.15) is 5.82 Å². The second-order valence-electron chi connectivity index (χ2n) is 4.38. The van der Waals surface area contributed by atoms with E-state index in [4.69, 9.17) is 0 Å². The lowest BCUT2D eigenvalue weighted by molar-refractivity contribution is 0.0994. The number of carbonyl (C=O) groups excluding carboxylic acids is 1. The van der Waals surface area contributed by atoms with Gasteiger partial charge in [-0.15, -0.1) is 5.10 Å². The molecular weight excluding hydrogens is 258 g/mol. The van der Waals surface area contributed by atoms with Gasteiger partial charge in [0.2, 0.25) is 5.16 Å². The van der Waals surface area contributed by atoms with E-state index < -0.39 is 0 Å². The topological polar surface area (TPSA) is 58.6 Å². The Hall–Kier alpha value is -1.62. The monoisotopic (exact) mass is 275 g/mol. The van der Waals surface area contributed by atoms with Crippen LogP contribution in [0.3, 0.4) is 0 Å². The SMILES string of the molecule is CCc1ccc(C(=O)C(C)Sc2n[nH]c(C)n2)cc1. The van der Waals surface area contributed by atoms with Gasteiger partial charge in [0.15, 0.2) is 5.78 Å². The number of benzene rings is 1. The van der Waals surface area contributed by atoms with Gasteiger partial charge in [0, 0.05) is 5.56 Å². The van der Waals surface area contributed by atoms with Gasteiger partial charge >= 0.3 is 0 Å².